The van der Waals surface area contributed by atoms with Gasteiger partial charge >= 0.3 is 0 Å². The predicted octanol–water partition coefficient (Wildman–Crippen LogP) is 5.49. The van der Waals surface area contributed by atoms with Crippen LogP contribution in [-0.2, 0) is 6.42 Å². The minimum atomic E-state index is 0.581. The molecule has 0 spiro atoms. The van der Waals surface area contributed by atoms with Crippen molar-refractivity contribution >= 4 is 39.1 Å². The fourth-order valence-corrected chi connectivity index (χ4v) is 2.61. The number of halogens is 3. The van der Waals surface area contributed by atoms with E-state index in [-0.39, 0.29) is 0 Å². The summed E-state index contributed by atoms with van der Waals surface area (Å²) in [5, 5.41) is 1.35. The second-order valence-corrected chi connectivity index (χ2v) is 5.72. The molecule has 1 unspecified atom stereocenters. The van der Waals surface area contributed by atoms with Gasteiger partial charge in [0.1, 0.15) is 0 Å². The van der Waals surface area contributed by atoms with Crippen LogP contribution in [0.1, 0.15) is 31.7 Å². The standard InChI is InChI=1S/C12H15BrCl2/c1-2-4-10(13)8-7-9-5-3-6-11(14)12(9)15/h3,5-6,10H,2,4,7-8H2,1H3. The predicted molar refractivity (Wildman–Crippen MR) is 72.4 cm³/mol. The highest BCUT2D eigenvalue weighted by molar-refractivity contribution is 9.09. The van der Waals surface area contributed by atoms with Gasteiger partial charge in [0.2, 0.25) is 0 Å². The molecular weight excluding hydrogens is 295 g/mol. The van der Waals surface area contributed by atoms with E-state index in [2.05, 4.69) is 22.9 Å². The zero-order valence-corrected chi connectivity index (χ0v) is 11.9. The number of hydrogen-bond acceptors (Lipinski definition) is 0. The van der Waals surface area contributed by atoms with E-state index >= 15 is 0 Å². The van der Waals surface area contributed by atoms with Gasteiger partial charge in [-0.25, -0.2) is 0 Å². The monoisotopic (exact) mass is 308 g/mol. The topological polar surface area (TPSA) is 0 Å². The molecular formula is C12H15BrCl2. The van der Waals surface area contributed by atoms with Crippen LogP contribution in [0.4, 0.5) is 0 Å². The first-order valence-corrected chi connectivity index (χ1v) is 6.89. The van der Waals surface area contributed by atoms with Gasteiger partial charge in [0.05, 0.1) is 10.0 Å². The van der Waals surface area contributed by atoms with E-state index in [4.69, 9.17) is 23.2 Å². The molecule has 0 heterocycles. The maximum atomic E-state index is 6.11. The first kappa shape index (κ1) is 13.3. The van der Waals surface area contributed by atoms with Crippen LogP contribution in [0.5, 0.6) is 0 Å². The Balaban J connectivity index is 2.54. The number of benzene rings is 1. The Labute approximate surface area is 110 Å². The zero-order valence-electron chi connectivity index (χ0n) is 8.77. The van der Waals surface area contributed by atoms with Crippen LogP contribution >= 0.6 is 39.1 Å². The number of rotatable bonds is 5. The lowest BCUT2D eigenvalue weighted by molar-refractivity contribution is 0.693. The van der Waals surface area contributed by atoms with Gasteiger partial charge in [-0.1, -0.05) is 64.6 Å². The molecule has 0 amide bonds. The van der Waals surface area contributed by atoms with Crippen molar-refractivity contribution in [2.45, 2.75) is 37.4 Å². The third-order valence-corrected chi connectivity index (χ3v) is 4.13. The maximum Gasteiger partial charge on any atom is 0.0624 e. The Morgan fingerprint density at radius 2 is 2.00 bits per heavy atom. The highest BCUT2D eigenvalue weighted by Gasteiger charge is 2.07. The smallest absolute Gasteiger partial charge is 0.0624 e. The third-order valence-electron chi connectivity index (χ3n) is 2.36. The molecule has 0 saturated carbocycles. The lowest BCUT2D eigenvalue weighted by atomic mass is 10.1. The largest absolute Gasteiger partial charge is 0.0891 e. The van der Waals surface area contributed by atoms with Crippen molar-refractivity contribution in [2.24, 2.45) is 0 Å². The summed E-state index contributed by atoms with van der Waals surface area (Å²) >= 11 is 15.7. The fourth-order valence-electron chi connectivity index (χ4n) is 1.51. The van der Waals surface area contributed by atoms with Crippen molar-refractivity contribution in [3.63, 3.8) is 0 Å². The Morgan fingerprint density at radius 3 is 2.67 bits per heavy atom. The Kier molecular flexibility index (Phi) is 6.03. The van der Waals surface area contributed by atoms with Gasteiger partial charge in [-0.3, -0.25) is 0 Å². The van der Waals surface area contributed by atoms with Gasteiger partial charge in [-0.2, -0.15) is 0 Å². The van der Waals surface area contributed by atoms with E-state index in [9.17, 15) is 0 Å². The molecule has 0 fully saturated rings. The number of alkyl halides is 1. The van der Waals surface area contributed by atoms with Crippen LogP contribution in [0, 0.1) is 0 Å². The lowest BCUT2D eigenvalue weighted by Gasteiger charge is -2.09. The summed E-state index contributed by atoms with van der Waals surface area (Å²) in [4.78, 5) is 0.581. The first-order valence-electron chi connectivity index (χ1n) is 5.22. The fraction of sp³-hybridized carbons (Fsp3) is 0.500. The van der Waals surface area contributed by atoms with Gasteiger partial charge in [-0.15, -0.1) is 0 Å². The minimum Gasteiger partial charge on any atom is -0.0891 e. The summed E-state index contributed by atoms with van der Waals surface area (Å²) in [7, 11) is 0. The summed E-state index contributed by atoms with van der Waals surface area (Å²) in [6, 6.07) is 5.82. The van der Waals surface area contributed by atoms with E-state index < -0.39 is 0 Å². The second-order valence-electron chi connectivity index (χ2n) is 3.64. The second kappa shape index (κ2) is 6.78. The molecule has 15 heavy (non-hydrogen) atoms. The van der Waals surface area contributed by atoms with Crippen molar-refractivity contribution in [2.75, 3.05) is 0 Å². The molecule has 1 aromatic rings. The average molecular weight is 310 g/mol. The van der Waals surface area contributed by atoms with Gasteiger partial charge in [0, 0.05) is 4.83 Å². The molecule has 0 aliphatic heterocycles. The van der Waals surface area contributed by atoms with E-state index in [1.807, 2.05) is 18.2 Å². The number of aryl methyl sites for hydroxylation is 1. The van der Waals surface area contributed by atoms with Gasteiger partial charge in [-0.05, 0) is 30.9 Å². The molecule has 0 bridgehead atoms. The summed E-state index contributed by atoms with van der Waals surface area (Å²) in [6.07, 6.45) is 4.50. The van der Waals surface area contributed by atoms with E-state index in [0.717, 1.165) is 18.4 Å². The molecule has 1 rings (SSSR count). The zero-order chi connectivity index (χ0) is 11.3. The molecule has 0 nitrogen and oxygen atoms in total. The van der Waals surface area contributed by atoms with Crippen molar-refractivity contribution < 1.29 is 0 Å². The lowest BCUT2D eigenvalue weighted by Crippen LogP contribution is -1.99. The van der Waals surface area contributed by atoms with Crippen molar-refractivity contribution in [1.29, 1.82) is 0 Å². The van der Waals surface area contributed by atoms with E-state index in [1.54, 1.807) is 0 Å². The first-order chi connectivity index (χ1) is 7.15. The van der Waals surface area contributed by atoms with Gasteiger partial charge < -0.3 is 0 Å². The molecule has 84 valence electrons. The van der Waals surface area contributed by atoms with Crippen molar-refractivity contribution in [3.8, 4) is 0 Å². The van der Waals surface area contributed by atoms with Crippen LogP contribution in [0.25, 0.3) is 0 Å². The van der Waals surface area contributed by atoms with Crippen LogP contribution in [0.3, 0.4) is 0 Å². The molecule has 1 atom stereocenters. The quantitative estimate of drug-likeness (QED) is 0.631. The molecule has 0 N–H and O–H groups in total. The summed E-state index contributed by atoms with van der Waals surface area (Å²) < 4.78 is 0. The average Bonchev–Trinajstić information content (AvgIpc) is 2.21. The van der Waals surface area contributed by atoms with Crippen LogP contribution in [-0.4, -0.2) is 4.83 Å². The Morgan fingerprint density at radius 1 is 1.27 bits per heavy atom. The molecule has 0 radical (unpaired) electrons. The SMILES string of the molecule is CCCC(Br)CCc1cccc(Cl)c1Cl. The van der Waals surface area contributed by atoms with Gasteiger partial charge in [0.15, 0.2) is 0 Å². The normalized spacial score (nSPS) is 12.8. The molecule has 0 aliphatic rings. The maximum absolute atomic E-state index is 6.11. The van der Waals surface area contributed by atoms with E-state index in [1.165, 1.54) is 12.8 Å². The van der Waals surface area contributed by atoms with Gasteiger partial charge in [0.25, 0.3) is 0 Å². The summed E-state index contributed by atoms with van der Waals surface area (Å²) in [5.74, 6) is 0. The minimum absolute atomic E-state index is 0.581. The van der Waals surface area contributed by atoms with Crippen LogP contribution in [0.2, 0.25) is 10.0 Å². The highest BCUT2D eigenvalue weighted by atomic mass is 79.9. The van der Waals surface area contributed by atoms with Crippen molar-refractivity contribution in [1.82, 2.24) is 0 Å². The van der Waals surface area contributed by atoms with Crippen LogP contribution < -0.4 is 0 Å². The molecule has 0 saturated heterocycles. The molecule has 3 heteroatoms. The highest BCUT2D eigenvalue weighted by Crippen LogP contribution is 2.27. The molecule has 0 aromatic heterocycles. The van der Waals surface area contributed by atoms with Crippen LogP contribution in [0.15, 0.2) is 18.2 Å². The number of hydrogen-bond donors (Lipinski definition) is 0. The third kappa shape index (κ3) is 4.34. The summed E-state index contributed by atoms with van der Waals surface area (Å²) in [6.45, 7) is 2.20. The molecule has 1 aromatic carbocycles. The summed E-state index contributed by atoms with van der Waals surface area (Å²) in [5.41, 5.74) is 1.14. The Bertz CT molecular complexity index is 312. The van der Waals surface area contributed by atoms with Crippen molar-refractivity contribution in [3.05, 3.63) is 33.8 Å². The molecule has 0 aliphatic carbocycles. The van der Waals surface area contributed by atoms with E-state index in [0.29, 0.717) is 14.9 Å². The Hall–Kier alpha value is 0.280.